The van der Waals surface area contributed by atoms with Gasteiger partial charge in [0.1, 0.15) is 11.9 Å². The minimum Gasteiger partial charge on any atom is -0.364 e. The molecule has 0 spiro atoms. The van der Waals surface area contributed by atoms with Gasteiger partial charge in [-0.05, 0) is 55.3 Å². The van der Waals surface area contributed by atoms with E-state index < -0.39 is 23.6 Å². The lowest BCUT2D eigenvalue weighted by Gasteiger charge is -2.49. The summed E-state index contributed by atoms with van der Waals surface area (Å²) < 4.78 is 53.6. The highest BCUT2D eigenvalue weighted by Gasteiger charge is 2.38. The van der Waals surface area contributed by atoms with Crippen LogP contribution >= 0.6 is 0 Å². The monoisotopic (exact) mass is 550 g/mol. The Kier molecular flexibility index (Phi) is 7.29. The van der Waals surface area contributed by atoms with Crippen LogP contribution in [0.4, 0.5) is 23.2 Å². The highest BCUT2D eigenvalue weighted by Crippen LogP contribution is 2.37. The van der Waals surface area contributed by atoms with E-state index in [-0.39, 0.29) is 23.3 Å². The Labute approximate surface area is 227 Å². The number of halogens is 4. The van der Waals surface area contributed by atoms with Crippen molar-refractivity contribution < 1.29 is 17.6 Å². The largest absolute Gasteiger partial charge is 0.417 e. The summed E-state index contributed by atoms with van der Waals surface area (Å²) in [7, 11) is 0. The summed E-state index contributed by atoms with van der Waals surface area (Å²) in [6, 6.07) is 14.4. The van der Waals surface area contributed by atoms with Gasteiger partial charge in [0.15, 0.2) is 5.69 Å². The van der Waals surface area contributed by atoms with E-state index in [0.717, 1.165) is 12.3 Å². The van der Waals surface area contributed by atoms with Crippen LogP contribution in [0, 0.1) is 17.1 Å². The van der Waals surface area contributed by atoms with Crippen LogP contribution in [0.1, 0.15) is 48.8 Å². The summed E-state index contributed by atoms with van der Waals surface area (Å²) in [6.45, 7) is 4.95. The number of aromatic amines is 1. The van der Waals surface area contributed by atoms with Crippen molar-refractivity contribution in [2.24, 2.45) is 0 Å². The Morgan fingerprint density at radius 1 is 1.12 bits per heavy atom. The molecule has 1 unspecified atom stereocenters. The highest BCUT2D eigenvalue weighted by molar-refractivity contribution is 5.80. The second kappa shape index (κ2) is 10.7. The van der Waals surface area contributed by atoms with E-state index in [1.807, 2.05) is 13.8 Å². The number of hydrogen-bond acceptors (Lipinski definition) is 6. The second-order valence-electron chi connectivity index (χ2n) is 9.91. The predicted molar refractivity (Wildman–Crippen MR) is 142 cm³/mol. The van der Waals surface area contributed by atoms with Crippen LogP contribution in [0.3, 0.4) is 0 Å². The van der Waals surface area contributed by atoms with Gasteiger partial charge in [-0.15, -0.1) is 0 Å². The maximum Gasteiger partial charge on any atom is 0.417 e. The Morgan fingerprint density at radius 3 is 2.50 bits per heavy atom. The van der Waals surface area contributed by atoms with Crippen LogP contribution in [0.25, 0.3) is 11.0 Å². The zero-order chi connectivity index (χ0) is 28.6. The number of pyridine rings is 3. The number of anilines is 1. The fourth-order valence-corrected chi connectivity index (χ4v) is 5.37. The first-order chi connectivity index (χ1) is 19.1. The highest BCUT2D eigenvalue weighted by atomic mass is 19.4. The quantitative estimate of drug-likeness (QED) is 0.334. The standard InChI is InChI=1S/C29H26F4N6O/c1-3-21-16-38(26-12-24-22(36-25(26)13-34)10-11-27(40)37-24)17(2)15-39(21)28(18-4-7-20(30)8-5-18)23-9-6-19(14-35-23)29(31,32)33/h4-12,14,17,21,28H,3,15-16H2,1-2H3,(H,37,40)/t17-,21+,28?/m0/s1. The van der Waals surface area contributed by atoms with E-state index in [2.05, 4.69) is 30.8 Å². The molecule has 0 radical (unpaired) electrons. The average Bonchev–Trinajstić information content (AvgIpc) is 2.93. The molecule has 3 aromatic heterocycles. The van der Waals surface area contributed by atoms with E-state index in [4.69, 9.17) is 0 Å². The third-order valence-corrected chi connectivity index (χ3v) is 7.36. The number of benzene rings is 1. The lowest BCUT2D eigenvalue weighted by atomic mass is 9.94. The summed E-state index contributed by atoms with van der Waals surface area (Å²) in [5.74, 6) is -0.418. The van der Waals surface area contributed by atoms with Crippen LogP contribution < -0.4 is 10.5 Å². The molecular formula is C29H26F4N6O. The zero-order valence-corrected chi connectivity index (χ0v) is 21.8. The van der Waals surface area contributed by atoms with Gasteiger partial charge in [0.25, 0.3) is 0 Å². The van der Waals surface area contributed by atoms with Crippen molar-refractivity contribution in [2.45, 2.75) is 44.6 Å². The minimum atomic E-state index is -4.51. The van der Waals surface area contributed by atoms with Crippen molar-refractivity contribution in [3.05, 3.63) is 99.5 Å². The number of H-pyrrole nitrogens is 1. The Bertz CT molecular complexity index is 1610. The van der Waals surface area contributed by atoms with Gasteiger partial charge in [-0.1, -0.05) is 19.1 Å². The number of fused-ring (bicyclic) bond motifs is 1. The third kappa shape index (κ3) is 5.27. The fraction of sp³-hybridized carbons (Fsp3) is 0.310. The predicted octanol–water partition coefficient (Wildman–Crippen LogP) is 5.43. The molecule has 0 bridgehead atoms. The first-order valence-electron chi connectivity index (χ1n) is 12.8. The molecule has 4 heterocycles. The van der Waals surface area contributed by atoms with Gasteiger partial charge < -0.3 is 9.88 Å². The molecule has 1 saturated heterocycles. The Balaban J connectivity index is 1.54. The molecule has 1 aliphatic rings. The number of nitrogens with zero attached hydrogens (tertiary/aromatic N) is 5. The first-order valence-corrected chi connectivity index (χ1v) is 12.8. The average molecular weight is 551 g/mol. The van der Waals surface area contributed by atoms with Crippen LogP contribution in [-0.4, -0.2) is 45.0 Å². The summed E-state index contributed by atoms with van der Waals surface area (Å²) in [4.78, 5) is 27.6. The molecule has 0 amide bonds. The second-order valence-corrected chi connectivity index (χ2v) is 9.91. The van der Waals surface area contributed by atoms with Crippen molar-refractivity contribution in [3.63, 3.8) is 0 Å². The first kappa shape index (κ1) is 27.3. The topological polar surface area (TPSA) is 88.9 Å². The van der Waals surface area contributed by atoms with Crippen LogP contribution in [0.15, 0.2) is 65.6 Å². The van der Waals surface area contributed by atoms with Crippen LogP contribution in [-0.2, 0) is 6.18 Å². The molecule has 11 heteroatoms. The molecule has 40 heavy (non-hydrogen) atoms. The molecular weight excluding hydrogens is 524 g/mol. The van der Waals surface area contributed by atoms with Crippen molar-refractivity contribution in [3.8, 4) is 6.07 Å². The summed E-state index contributed by atoms with van der Waals surface area (Å²) in [5, 5.41) is 9.87. The smallest absolute Gasteiger partial charge is 0.364 e. The number of nitriles is 1. The number of piperazine rings is 1. The molecule has 1 N–H and O–H groups in total. The third-order valence-electron chi connectivity index (χ3n) is 7.36. The van der Waals surface area contributed by atoms with E-state index in [0.29, 0.717) is 47.5 Å². The minimum absolute atomic E-state index is 0.104. The molecule has 206 valence electrons. The zero-order valence-electron chi connectivity index (χ0n) is 21.8. The summed E-state index contributed by atoms with van der Waals surface area (Å²) >= 11 is 0. The van der Waals surface area contributed by atoms with Crippen molar-refractivity contribution in [1.82, 2.24) is 19.9 Å². The molecule has 1 fully saturated rings. The number of rotatable bonds is 5. The van der Waals surface area contributed by atoms with Crippen LogP contribution in [0.5, 0.6) is 0 Å². The molecule has 1 aromatic carbocycles. The van der Waals surface area contributed by atoms with E-state index in [9.17, 15) is 27.6 Å². The Hall–Kier alpha value is -4.30. The summed E-state index contributed by atoms with van der Waals surface area (Å²) in [5.41, 5.74) is 1.84. The van der Waals surface area contributed by atoms with E-state index >= 15 is 0 Å². The van der Waals surface area contributed by atoms with Gasteiger partial charge in [0.05, 0.1) is 34.0 Å². The normalized spacial score (nSPS) is 19.0. The van der Waals surface area contributed by atoms with E-state index in [1.54, 1.807) is 24.3 Å². The van der Waals surface area contributed by atoms with Crippen molar-refractivity contribution in [1.29, 1.82) is 5.26 Å². The maximum atomic E-state index is 13.8. The molecule has 0 saturated carbocycles. The number of alkyl halides is 3. The Morgan fingerprint density at radius 2 is 1.88 bits per heavy atom. The van der Waals surface area contributed by atoms with Gasteiger partial charge in [-0.3, -0.25) is 14.7 Å². The van der Waals surface area contributed by atoms with Gasteiger partial charge in [0.2, 0.25) is 5.56 Å². The van der Waals surface area contributed by atoms with Crippen molar-refractivity contribution in [2.75, 3.05) is 18.0 Å². The SMILES string of the molecule is CC[C@@H]1CN(c2cc3[nH]c(=O)ccc3nc2C#N)[C@@H](C)CN1C(c1ccc(F)cc1)c1ccc(C(F)(F)F)cn1. The molecule has 3 atom stereocenters. The number of nitrogens with one attached hydrogen (secondary N) is 1. The van der Waals surface area contributed by atoms with Gasteiger partial charge in [0, 0.05) is 37.4 Å². The molecule has 4 aromatic rings. The van der Waals surface area contributed by atoms with Gasteiger partial charge in [-0.25, -0.2) is 9.37 Å². The molecule has 1 aliphatic heterocycles. The molecule has 7 nitrogen and oxygen atoms in total. The van der Waals surface area contributed by atoms with Crippen LogP contribution in [0.2, 0.25) is 0 Å². The summed E-state index contributed by atoms with van der Waals surface area (Å²) in [6.07, 6.45) is -3.01. The van der Waals surface area contributed by atoms with Gasteiger partial charge >= 0.3 is 6.18 Å². The maximum absolute atomic E-state index is 13.8. The molecule has 0 aliphatic carbocycles. The van der Waals surface area contributed by atoms with Gasteiger partial charge in [-0.2, -0.15) is 18.4 Å². The lowest BCUT2D eigenvalue weighted by molar-refractivity contribution is -0.137. The van der Waals surface area contributed by atoms with Crippen molar-refractivity contribution >= 4 is 16.7 Å². The van der Waals surface area contributed by atoms with E-state index in [1.165, 1.54) is 24.3 Å². The lowest BCUT2D eigenvalue weighted by Crippen LogP contribution is -2.58. The number of hydrogen-bond donors (Lipinski definition) is 1. The number of aromatic nitrogens is 3. The molecule has 5 rings (SSSR count). The fourth-order valence-electron chi connectivity index (χ4n) is 5.37.